The van der Waals surface area contributed by atoms with Crippen molar-refractivity contribution in [2.45, 2.75) is 156 Å². The van der Waals surface area contributed by atoms with Gasteiger partial charge in [0.1, 0.15) is 78.8 Å². The molecule has 2 bridgehead atoms. The molecule has 0 aliphatic carbocycles. The molecule has 0 aromatic carbocycles. The minimum absolute atomic E-state index is 0.236. The number of hydrogen-bond donors (Lipinski definition) is 20. The number of carbonyl (C=O) groups excluding carboxylic acids is 3. The number of fused-ring (bicyclic) bond motifs is 2. The number of Topliss-reactive ketones (excluding diaryl/α,β-unsaturated/α-hetero) is 1. The first kappa shape index (κ1) is 66.6. The Hall–Kier alpha value is -4.55. The predicted octanol–water partition coefficient (Wildman–Crippen LogP) is -9.41. The Morgan fingerprint density at radius 1 is 0.440 bits per heavy atom. The van der Waals surface area contributed by atoms with Gasteiger partial charge in [-0.3, -0.25) is 48.5 Å². The van der Waals surface area contributed by atoms with Gasteiger partial charge in [0.25, 0.3) is 0 Å². The van der Waals surface area contributed by atoms with Crippen LogP contribution in [0.3, 0.4) is 0 Å². The zero-order chi connectivity index (χ0) is 56.7. The van der Waals surface area contributed by atoms with Crippen LogP contribution in [0, 0.1) is 0 Å². The number of carboxylic acids is 3. The van der Waals surface area contributed by atoms with Crippen molar-refractivity contribution < 1.29 is 121 Å². The molecule has 20 N–H and O–H groups in total. The topological polar surface area (TPSA) is 513 Å². The molecule has 15 unspecified atom stereocenters. The number of carbonyl (C=O) groups is 6. The number of ketones is 1. The number of carboxylic acid groups (broad SMARTS) is 3. The molecular weight excluding hydrogens is 1010 g/mol. The Balaban J connectivity index is 2.48. The Morgan fingerprint density at radius 3 is 1.11 bits per heavy atom. The number of nitrogens with zero attached hydrogens (tertiary/aromatic N) is 4. The number of aromatic nitrogens is 1. The van der Waals surface area contributed by atoms with Crippen molar-refractivity contribution in [3.05, 3.63) is 29.6 Å². The molecule has 1 aromatic heterocycles. The van der Waals surface area contributed by atoms with Gasteiger partial charge in [-0.1, -0.05) is 6.07 Å². The van der Waals surface area contributed by atoms with Crippen molar-refractivity contribution in [1.82, 2.24) is 30.3 Å². The minimum Gasteiger partial charge on any atom is -0.480 e. The Kier molecular flexibility index (Phi) is 29.8. The van der Waals surface area contributed by atoms with Gasteiger partial charge in [-0.2, -0.15) is 0 Å². The lowest BCUT2D eigenvalue weighted by molar-refractivity contribution is -0.147. The van der Waals surface area contributed by atoms with Gasteiger partial charge in [-0.15, -0.1) is 0 Å². The maximum atomic E-state index is 13.1. The largest absolute Gasteiger partial charge is 0.480 e. The second kappa shape index (κ2) is 33.6. The normalized spacial score (nSPS) is 20.4. The first-order chi connectivity index (χ1) is 35.3. The zero-order valence-corrected chi connectivity index (χ0v) is 41.1. The van der Waals surface area contributed by atoms with E-state index in [1.54, 1.807) is 6.07 Å². The highest BCUT2D eigenvalue weighted by Crippen LogP contribution is 2.21. The Bertz CT molecular complexity index is 1830. The van der Waals surface area contributed by atoms with Crippen molar-refractivity contribution in [2.75, 3.05) is 59.1 Å². The highest BCUT2D eigenvalue weighted by molar-refractivity contribution is 5.80. The molecule has 1 aliphatic heterocycles. The van der Waals surface area contributed by atoms with Crippen LogP contribution in [0.15, 0.2) is 18.2 Å². The molecule has 2 rings (SSSR count). The van der Waals surface area contributed by atoms with E-state index in [2.05, 4.69) is 15.6 Å². The average molecular weight is 1090 g/mol. The van der Waals surface area contributed by atoms with E-state index < -0.39 is 205 Å². The van der Waals surface area contributed by atoms with E-state index in [0.717, 1.165) is 0 Å². The average Bonchev–Trinajstić information content (AvgIpc) is 3.38. The van der Waals surface area contributed by atoms with Gasteiger partial charge in [0.15, 0.2) is 0 Å². The van der Waals surface area contributed by atoms with Crippen LogP contribution < -0.4 is 10.6 Å². The summed E-state index contributed by atoms with van der Waals surface area (Å²) in [6.07, 6.45) is -26.2. The molecule has 75 heavy (non-hydrogen) atoms. The number of nitrogens with one attached hydrogen (secondary N) is 2. The highest BCUT2D eigenvalue weighted by atomic mass is 16.4. The summed E-state index contributed by atoms with van der Waals surface area (Å²) in [5.74, 6) is -6.56. The van der Waals surface area contributed by atoms with Gasteiger partial charge in [-0.05, 0) is 37.8 Å². The molecule has 2 heterocycles. The molecule has 0 saturated heterocycles. The van der Waals surface area contributed by atoms with Crippen molar-refractivity contribution in [3.63, 3.8) is 0 Å². The molecule has 30 nitrogen and oxygen atoms in total. The number of pyridine rings is 1. The molecule has 15 atom stereocenters. The maximum Gasteiger partial charge on any atom is 0.320 e. The predicted molar refractivity (Wildman–Crippen MR) is 252 cm³/mol. The molecule has 2 amide bonds. The molecule has 30 heteroatoms. The number of aliphatic hydroxyl groups is 15. The number of aliphatic hydroxyl groups excluding tert-OH is 15. The first-order valence-corrected chi connectivity index (χ1v) is 24.2. The summed E-state index contributed by atoms with van der Waals surface area (Å²) in [5.41, 5.74) is 0.492. The second-order valence-electron chi connectivity index (χ2n) is 18.4. The summed E-state index contributed by atoms with van der Waals surface area (Å²) in [5, 5.41) is 183. The molecule has 1 aromatic rings. The van der Waals surface area contributed by atoms with Gasteiger partial charge in [0.05, 0.1) is 49.5 Å². The van der Waals surface area contributed by atoms with Crippen LogP contribution in [0.5, 0.6) is 0 Å². The minimum atomic E-state index is -2.03. The third-order valence-electron chi connectivity index (χ3n) is 12.8. The quantitative estimate of drug-likeness (QED) is 0.0305. The van der Waals surface area contributed by atoms with E-state index in [1.807, 2.05) is 0 Å². The standard InChI is InChI=1S/C45H76N6O24/c52-20-32(59)40(67)37(64)29(56)9-5-25(55)4-6-27(44(72)73)50-14-12-49(26(43(70)71)7-10-35(62)46-16-30(57)38(65)41(68)33(60)21-53)13-15-51(19-24-3-1-2-23(18-50)48-24)28(45(74)75)8-11-36(63)47-17-31(58)39(66)42(69)34(61)22-54/h1-3,26-34,37-42,52-54,56-61,64-69H,4-22H2,(H,46,62)(H,47,63)(H,70,71)(H,72,73)(H,74,75). The lowest BCUT2D eigenvalue weighted by atomic mass is 9.97. The van der Waals surface area contributed by atoms with Crippen molar-refractivity contribution in [2.24, 2.45) is 0 Å². The van der Waals surface area contributed by atoms with E-state index >= 15 is 0 Å². The number of hydrogen-bond acceptors (Lipinski definition) is 25. The molecule has 0 spiro atoms. The van der Waals surface area contributed by atoms with Gasteiger partial charge in [-0.25, -0.2) is 0 Å². The molecule has 1 aliphatic rings. The number of rotatable bonds is 34. The van der Waals surface area contributed by atoms with Crippen LogP contribution in [0.4, 0.5) is 0 Å². The number of amides is 2. The van der Waals surface area contributed by atoms with Crippen LogP contribution >= 0.6 is 0 Å². The zero-order valence-electron chi connectivity index (χ0n) is 41.1. The van der Waals surface area contributed by atoms with E-state index in [0.29, 0.717) is 0 Å². The molecule has 0 saturated carbocycles. The third-order valence-corrected chi connectivity index (χ3v) is 12.8. The van der Waals surface area contributed by atoms with Crippen LogP contribution in [0.1, 0.15) is 62.8 Å². The first-order valence-electron chi connectivity index (χ1n) is 24.2. The number of aliphatic carboxylic acids is 3. The lowest BCUT2D eigenvalue weighted by Gasteiger charge is -2.37. The van der Waals surface area contributed by atoms with E-state index in [9.17, 15) is 105 Å². The molecule has 0 radical (unpaired) electrons. The van der Waals surface area contributed by atoms with Crippen LogP contribution in [0.25, 0.3) is 0 Å². The molecular formula is C45H76N6O24. The van der Waals surface area contributed by atoms with E-state index in [1.165, 1.54) is 26.8 Å². The van der Waals surface area contributed by atoms with E-state index in [4.69, 9.17) is 15.3 Å². The maximum absolute atomic E-state index is 13.1. The summed E-state index contributed by atoms with van der Waals surface area (Å²) in [6.45, 7) is -5.78. The van der Waals surface area contributed by atoms with Crippen LogP contribution in [0.2, 0.25) is 0 Å². The Labute approximate surface area is 430 Å². The third kappa shape index (κ3) is 22.1. The van der Waals surface area contributed by atoms with Crippen LogP contribution in [-0.4, -0.2) is 298 Å². The highest BCUT2D eigenvalue weighted by Gasteiger charge is 2.36. The lowest BCUT2D eigenvalue weighted by Crippen LogP contribution is -2.52. The van der Waals surface area contributed by atoms with Crippen LogP contribution in [-0.2, 0) is 41.9 Å². The molecule has 0 fully saturated rings. The van der Waals surface area contributed by atoms with Crippen molar-refractivity contribution in [3.8, 4) is 0 Å². The summed E-state index contributed by atoms with van der Waals surface area (Å²) in [4.78, 5) is 86.6. The monoisotopic (exact) mass is 1080 g/mol. The summed E-state index contributed by atoms with van der Waals surface area (Å²) < 4.78 is 0. The van der Waals surface area contributed by atoms with Gasteiger partial charge >= 0.3 is 17.9 Å². The fourth-order valence-corrected chi connectivity index (χ4v) is 8.12. The smallest absolute Gasteiger partial charge is 0.320 e. The summed E-state index contributed by atoms with van der Waals surface area (Å²) >= 11 is 0. The van der Waals surface area contributed by atoms with Crippen molar-refractivity contribution >= 4 is 35.5 Å². The van der Waals surface area contributed by atoms with Crippen molar-refractivity contribution in [1.29, 1.82) is 0 Å². The summed E-state index contributed by atoms with van der Waals surface area (Å²) in [6, 6.07) is 0.120. The van der Waals surface area contributed by atoms with E-state index in [-0.39, 0.29) is 57.1 Å². The SMILES string of the molecule is O=C(CCC(O)C(O)C(O)C(O)CO)CCC(C(=O)O)N1CCN(C(CCC(=O)NCC(O)C(O)C(O)C(O)CO)C(=O)O)CCN(C(CCC(=O)NCC(O)C(O)C(O)C(O)CO)C(=O)O)Cc2cccc(n2)C1. The fourth-order valence-electron chi connectivity index (χ4n) is 8.12. The summed E-state index contributed by atoms with van der Waals surface area (Å²) in [7, 11) is 0. The molecule has 430 valence electrons. The Morgan fingerprint density at radius 2 is 0.747 bits per heavy atom. The second-order valence-corrected chi connectivity index (χ2v) is 18.4. The van der Waals surface area contributed by atoms with Gasteiger partial charge in [0, 0.05) is 78.0 Å². The van der Waals surface area contributed by atoms with Gasteiger partial charge in [0.2, 0.25) is 11.8 Å². The fraction of sp³-hybridized carbons (Fsp3) is 0.756. The van der Waals surface area contributed by atoms with Gasteiger partial charge < -0.3 is 103 Å².